The summed E-state index contributed by atoms with van der Waals surface area (Å²) in [5, 5.41) is 0.438. The number of carbonyl (C=O) groups is 1. The largest absolute Gasteiger partial charge is 0.297 e. The average molecular weight is 372 g/mol. The smallest absolute Gasteiger partial charge is 0.263 e. The molecule has 1 aliphatic carbocycles. The Hall–Kier alpha value is -2.27. The number of rotatable bonds is 1. The van der Waals surface area contributed by atoms with Gasteiger partial charge in [0.05, 0.1) is 5.02 Å². The van der Waals surface area contributed by atoms with Crippen LogP contribution in [0.15, 0.2) is 47.7 Å². The standard InChI is InChI=1S/C20H19ClFN3O/c1-19(2)9-12-6-4-5-7-15(12)20(17(19)22)18(26)25(3)16(24-20)13-8-14(21)11-23-10-13/h4-8,10-11,17H,9H2,1-3H3. The van der Waals surface area contributed by atoms with Crippen molar-refractivity contribution in [1.82, 2.24) is 9.88 Å². The van der Waals surface area contributed by atoms with Crippen molar-refractivity contribution in [1.29, 1.82) is 0 Å². The highest BCUT2D eigenvalue weighted by atomic mass is 35.5. The van der Waals surface area contributed by atoms with E-state index in [1.807, 2.05) is 38.1 Å². The molecule has 1 aromatic heterocycles. The van der Waals surface area contributed by atoms with Gasteiger partial charge in [-0.15, -0.1) is 0 Å². The third-order valence-corrected chi connectivity index (χ3v) is 5.53. The van der Waals surface area contributed by atoms with Gasteiger partial charge in [-0.3, -0.25) is 14.7 Å². The monoisotopic (exact) mass is 371 g/mol. The maximum Gasteiger partial charge on any atom is 0.263 e. The highest BCUT2D eigenvalue weighted by molar-refractivity contribution is 6.31. The average Bonchev–Trinajstić information content (AvgIpc) is 2.86. The number of amides is 1. The van der Waals surface area contributed by atoms with Crippen molar-refractivity contribution < 1.29 is 9.18 Å². The molecule has 1 aliphatic heterocycles. The Morgan fingerprint density at radius 3 is 2.73 bits per heavy atom. The molecule has 0 saturated carbocycles. The number of carbonyl (C=O) groups excluding carboxylic acids is 1. The van der Waals surface area contributed by atoms with Crippen molar-refractivity contribution in [2.75, 3.05) is 7.05 Å². The fraction of sp³-hybridized carbons (Fsp3) is 0.350. The fourth-order valence-corrected chi connectivity index (χ4v) is 4.28. The molecular weight excluding hydrogens is 353 g/mol. The van der Waals surface area contributed by atoms with Crippen LogP contribution in [-0.4, -0.2) is 34.8 Å². The molecule has 1 spiro atoms. The number of amidine groups is 1. The van der Waals surface area contributed by atoms with Gasteiger partial charge in [0.2, 0.25) is 0 Å². The number of nitrogens with zero attached hydrogens (tertiary/aromatic N) is 3. The van der Waals surface area contributed by atoms with Crippen LogP contribution in [0.3, 0.4) is 0 Å². The lowest BCUT2D eigenvalue weighted by atomic mass is 9.63. The molecule has 134 valence electrons. The highest BCUT2D eigenvalue weighted by Crippen LogP contribution is 2.51. The number of halogens is 2. The van der Waals surface area contributed by atoms with Gasteiger partial charge in [0, 0.05) is 30.4 Å². The zero-order valence-electron chi connectivity index (χ0n) is 14.8. The summed E-state index contributed by atoms with van der Waals surface area (Å²) in [5.74, 6) is 0.0281. The minimum absolute atomic E-state index is 0.361. The van der Waals surface area contributed by atoms with Crippen molar-refractivity contribution in [3.8, 4) is 0 Å². The number of alkyl halides is 1. The molecule has 6 heteroatoms. The van der Waals surface area contributed by atoms with Crippen molar-refractivity contribution in [2.24, 2.45) is 10.4 Å². The van der Waals surface area contributed by atoms with Gasteiger partial charge in [0.25, 0.3) is 5.91 Å². The first kappa shape index (κ1) is 17.2. The zero-order valence-corrected chi connectivity index (χ0v) is 15.6. The van der Waals surface area contributed by atoms with Gasteiger partial charge in [0.15, 0.2) is 5.54 Å². The molecule has 2 aromatic rings. The molecule has 1 amide bonds. The Labute approximate surface area is 156 Å². The molecule has 0 radical (unpaired) electrons. The number of aromatic nitrogens is 1. The predicted octanol–water partition coefficient (Wildman–Crippen LogP) is 3.77. The summed E-state index contributed by atoms with van der Waals surface area (Å²) in [5.41, 5.74) is -0.0736. The Morgan fingerprint density at radius 1 is 1.27 bits per heavy atom. The first-order chi connectivity index (χ1) is 12.3. The molecule has 2 aliphatic rings. The third kappa shape index (κ3) is 2.23. The molecule has 2 unspecified atom stereocenters. The lowest BCUT2D eigenvalue weighted by molar-refractivity contribution is -0.136. The number of pyridine rings is 1. The predicted molar refractivity (Wildman–Crippen MR) is 99.1 cm³/mol. The summed E-state index contributed by atoms with van der Waals surface area (Å²) in [4.78, 5) is 23.5. The molecule has 0 saturated heterocycles. The van der Waals surface area contributed by atoms with E-state index in [1.54, 1.807) is 19.3 Å². The molecule has 4 rings (SSSR count). The van der Waals surface area contributed by atoms with E-state index in [-0.39, 0.29) is 5.91 Å². The SMILES string of the molecule is CN1C(=O)C2(N=C1c1cncc(Cl)c1)c1ccccc1CC(C)(C)C2F. The van der Waals surface area contributed by atoms with Crippen LogP contribution < -0.4 is 0 Å². The van der Waals surface area contributed by atoms with E-state index >= 15 is 4.39 Å². The maximum atomic E-state index is 15.8. The van der Waals surface area contributed by atoms with Gasteiger partial charge >= 0.3 is 0 Å². The Bertz CT molecular complexity index is 942. The van der Waals surface area contributed by atoms with E-state index in [2.05, 4.69) is 9.98 Å². The number of fused-ring (bicyclic) bond motifs is 2. The summed E-state index contributed by atoms with van der Waals surface area (Å²) in [6.45, 7) is 3.69. The quantitative estimate of drug-likeness (QED) is 0.766. The van der Waals surface area contributed by atoms with E-state index in [0.29, 0.717) is 28.4 Å². The number of hydrogen-bond donors (Lipinski definition) is 0. The van der Waals surface area contributed by atoms with Crippen LogP contribution in [0.1, 0.15) is 30.5 Å². The first-order valence-corrected chi connectivity index (χ1v) is 8.86. The number of aliphatic imine (C=N–C) groups is 1. The Kier molecular flexibility index (Phi) is 3.70. The van der Waals surface area contributed by atoms with Crippen LogP contribution in [0.4, 0.5) is 4.39 Å². The molecular formula is C20H19ClFN3O. The molecule has 0 N–H and O–H groups in total. The first-order valence-electron chi connectivity index (χ1n) is 8.49. The number of hydrogen-bond acceptors (Lipinski definition) is 3. The second-order valence-corrected chi connectivity index (χ2v) is 8.08. The Balaban J connectivity index is 1.98. The topological polar surface area (TPSA) is 45.6 Å². The third-order valence-electron chi connectivity index (χ3n) is 5.32. The van der Waals surface area contributed by atoms with E-state index < -0.39 is 17.1 Å². The lowest BCUT2D eigenvalue weighted by Gasteiger charge is -2.44. The molecule has 2 heterocycles. The normalized spacial score (nSPS) is 26.8. The van der Waals surface area contributed by atoms with Crippen LogP contribution in [0.5, 0.6) is 0 Å². The van der Waals surface area contributed by atoms with Gasteiger partial charge in [0.1, 0.15) is 12.0 Å². The molecule has 4 nitrogen and oxygen atoms in total. The van der Waals surface area contributed by atoms with Crippen molar-refractivity contribution in [2.45, 2.75) is 32.0 Å². The van der Waals surface area contributed by atoms with Crippen LogP contribution in [-0.2, 0) is 16.8 Å². The minimum atomic E-state index is -1.56. The van der Waals surface area contributed by atoms with Crippen LogP contribution in [0.25, 0.3) is 0 Å². The second-order valence-electron chi connectivity index (χ2n) is 7.64. The molecule has 26 heavy (non-hydrogen) atoms. The summed E-state index contributed by atoms with van der Waals surface area (Å²) in [6, 6.07) is 9.19. The summed E-state index contributed by atoms with van der Waals surface area (Å²) < 4.78 is 15.8. The van der Waals surface area contributed by atoms with Crippen LogP contribution in [0.2, 0.25) is 5.02 Å². The van der Waals surface area contributed by atoms with E-state index in [0.717, 1.165) is 5.56 Å². The van der Waals surface area contributed by atoms with Crippen LogP contribution in [0, 0.1) is 5.41 Å². The van der Waals surface area contributed by atoms with E-state index in [1.165, 1.54) is 11.1 Å². The van der Waals surface area contributed by atoms with Gasteiger partial charge in [-0.05, 0) is 23.6 Å². The van der Waals surface area contributed by atoms with Gasteiger partial charge in [-0.1, -0.05) is 49.7 Å². The van der Waals surface area contributed by atoms with Crippen molar-refractivity contribution >= 4 is 23.3 Å². The molecule has 2 atom stereocenters. The summed E-state index contributed by atoms with van der Waals surface area (Å²) in [7, 11) is 1.62. The summed E-state index contributed by atoms with van der Waals surface area (Å²) >= 11 is 6.04. The number of benzene rings is 1. The van der Waals surface area contributed by atoms with Gasteiger partial charge in [-0.2, -0.15) is 0 Å². The molecule has 0 bridgehead atoms. The molecule has 0 fully saturated rings. The Morgan fingerprint density at radius 2 is 2.00 bits per heavy atom. The van der Waals surface area contributed by atoms with Crippen molar-refractivity contribution in [3.63, 3.8) is 0 Å². The minimum Gasteiger partial charge on any atom is -0.297 e. The van der Waals surface area contributed by atoms with Gasteiger partial charge < -0.3 is 0 Å². The highest BCUT2D eigenvalue weighted by Gasteiger charge is 2.62. The summed E-state index contributed by atoms with van der Waals surface area (Å²) in [6.07, 6.45) is 2.21. The maximum absolute atomic E-state index is 15.8. The zero-order chi connectivity index (χ0) is 18.7. The number of likely N-dealkylation sites (N-methyl/N-ethyl adjacent to an activating group) is 1. The van der Waals surface area contributed by atoms with E-state index in [9.17, 15) is 4.79 Å². The fourth-order valence-electron chi connectivity index (χ4n) is 4.10. The second kappa shape index (κ2) is 5.61. The molecule has 1 aromatic carbocycles. The lowest BCUT2D eigenvalue weighted by Crippen LogP contribution is -2.54. The van der Waals surface area contributed by atoms with Gasteiger partial charge in [-0.25, -0.2) is 9.38 Å². The van der Waals surface area contributed by atoms with Crippen molar-refractivity contribution in [3.05, 3.63) is 64.4 Å². The van der Waals surface area contributed by atoms with E-state index in [4.69, 9.17) is 11.6 Å². The van der Waals surface area contributed by atoms with Crippen LogP contribution >= 0.6 is 11.6 Å².